The Hall–Kier alpha value is -1.49. The van der Waals surface area contributed by atoms with Crippen LogP contribution in [0.3, 0.4) is 0 Å². The molecule has 142 valence electrons. The molecule has 5 nitrogen and oxygen atoms in total. The number of halogens is 1. The van der Waals surface area contributed by atoms with Crippen LogP contribution >= 0.6 is 11.6 Å². The maximum Gasteiger partial charge on any atom is 0.242 e. The average Bonchev–Trinajstić information content (AvgIpc) is 2.95. The van der Waals surface area contributed by atoms with Gasteiger partial charge < -0.3 is 14.4 Å². The molecule has 0 aliphatic rings. The largest absolute Gasteiger partial charge is 0.353 e. The number of carbonyl (C=O) groups is 2. The first-order valence-electron chi connectivity index (χ1n) is 9.10. The smallest absolute Gasteiger partial charge is 0.242 e. The first-order valence-corrected chi connectivity index (χ1v) is 9.64. The third kappa shape index (κ3) is 7.51. The number of aromatic nitrogens is 1. The van der Waals surface area contributed by atoms with E-state index in [1.807, 2.05) is 34.8 Å². The molecule has 1 heterocycles. The van der Waals surface area contributed by atoms with E-state index in [1.165, 1.54) is 0 Å². The quantitative estimate of drug-likeness (QED) is 0.562. The monoisotopic (exact) mass is 369 g/mol. The molecular formula is C19H32ClN3O2. The molecule has 0 aliphatic carbocycles. The van der Waals surface area contributed by atoms with E-state index in [4.69, 9.17) is 11.6 Å². The van der Waals surface area contributed by atoms with Gasteiger partial charge in [0.1, 0.15) is 0 Å². The minimum absolute atomic E-state index is 0.00562. The highest BCUT2D eigenvalue weighted by molar-refractivity contribution is 6.18. The number of rotatable bonds is 11. The first-order chi connectivity index (χ1) is 11.9. The van der Waals surface area contributed by atoms with Crippen LogP contribution in [-0.2, 0) is 23.2 Å². The van der Waals surface area contributed by atoms with Crippen molar-refractivity contribution in [3.05, 3.63) is 24.0 Å². The fraction of sp³-hybridized carbons (Fsp3) is 0.684. The highest BCUT2D eigenvalue weighted by Gasteiger charge is 2.22. The third-order valence-corrected chi connectivity index (χ3v) is 4.30. The van der Waals surface area contributed by atoms with E-state index < -0.39 is 0 Å². The van der Waals surface area contributed by atoms with Crippen LogP contribution in [0, 0.1) is 5.92 Å². The molecule has 0 bridgehead atoms. The minimum atomic E-state index is -0.0415. The highest BCUT2D eigenvalue weighted by Crippen LogP contribution is 2.10. The zero-order valence-electron chi connectivity index (χ0n) is 16.0. The van der Waals surface area contributed by atoms with E-state index in [0.29, 0.717) is 25.6 Å². The first kappa shape index (κ1) is 21.6. The van der Waals surface area contributed by atoms with Gasteiger partial charge in [-0.25, -0.2) is 0 Å². The molecule has 2 amide bonds. The topological polar surface area (TPSA) is 45.6 Å². The van der Waals surface area contributed by atoms with Gasteiger partial charge in [0.2, 0.25) is 11.8 Å². The van der Waals surface area contributed by atoms with E-state index >= 15 is 0 Å². The standard InChI is InChI=1S/C19H32ClN3O2/c1-5-6-12-22(18(24)9-10-20)15-19(25)23(13-16(2)3)14-17-8-7-11-21(17)4/h7-8,11,16H,5-6,9-10,12-15H2,1-4H3. The van der Waals surface area contributed by atoms with Crippen molar-refractivity contribution in [3.63, 3.8) is 0 Å². The van der Waals surface area contributed by atoms with Crippen LogP contribution in [0.1, 0.15) is 45.7 Å². The van der Waals surface area contributed by atoms with Crippen LogP contribution in [0.4, 0.5) is 0 Å². The number of aryl methyl sites for hydroxylation is 1. The summed E-state index contributed by atoms with van der Waals surface area (Å²) in [5.41, 5.74) is 1.08. The molecule has 0 saturated heterocycles. The number of alkyl halides is 1. The number of carbonyl (C=O) groups excluding carboxylic acids is 2. The van der Waals surface area contributed by atoms with Gasteiger partial charge in [0, 0.05) is 44.3 Å². The summed E-state index contributed by atoms with van der Waals surface area (Å²) in [6, 6.07) is 4.00. The van der Waals surface area contributed by atoms with Crippen molar-refractivity contribution in [2.75, 3.05) is 25.5 Å². The van der Waals surface area contributed by atoms with Gasteiger partial charge in [-0.2, -0.15) is 0 Å². The summed E-state index contributed by atoms with van der Waals surface area (Å²) in [5.74, 6) is 0.607. The molecular weight excluding hydrogens is 338 g/mol. The SMILES string of the molecule is CCCCN(CC(=O)N(Cc1cccn1C)CC(C)C)C(=O)CCCl. The lowest BCUT2D eigenvalue weighted by molar-refractivity contribution is -0.141. The van der Waals surface area contributed by atoms with Gasteiger partial charge in [0.25, 0.3) is 0 Å². The molecule has 0 fully saturated rings. The Bertz CT molecular complexity index is 543. The lowest BCUT2D eigenvalue weighted by Gasteiger charge is -2.29. The lowest BCUT2D eigenvalue weighted by atomic mass is 10.2. The molecule has 0 unspecified atom stereocenters. The molecule has 0 N–H and O–H groups in total. The molecule has 1 rings (SSSR count). The van der Waals surface area contributed by atoms with E-state index in [-0.39, 0.29) is 30.7 Å². The van der Waals surface area contributed by atoms with Crippen molar-refractivity contribution < 1.29 is 9.59 Å². The second-order valence-electron chi connectivity index (χ2n) is 6.89. The van der Waals surface area contributed by atoms with Crippen molar-refractivity contribution in [2.45, 2.75) is 46.6 Å². The molecule has 1 aromatic heterocycles. The van der Waals surface area contributed by atoms with E-state index in [1.54, 1.807) is 4.90 Å². The number of nitrogens with zero attached hydrogens (tertiary/aromatic N) is 3. The van der Waals surface area contributed by atoms with E-state index in [0.717, 1.165) is 18.5 Å². The predicted molar refractivity (Wildman–Crippen MR) is 102 cm³/mol. The summed E-state index contributed by atoms with van der Waals surface area (Å²) in [6.07, 6.45) is 4.13. The van der Waals surface area contributed by atoms with Crippen LogP contribution in [0.25, 0.3) is 0 Å². The third-order valence-electron chi connectivity index (χ3n) is 4.11. The predicted octanol–water partition coefficient (Wildman–Crippen LogP) is 3.27. The van der Waals surface area contributed by atoms with Gasteiger partial charge >= 0.3 is 0 Å². The molecule has 0 saturated carbocycles. The van der Waals surface area contributed by atoms with E-state index in [9.17, 15) is 9.59 Å². The van der Waals surface area contributed by atoms with Gasteiger partial charge in [0.15, 0.2) is 0 Å². The second-order valence-corrected chi connectivity index (χ2v) is 7.26. The van der Waals surface area contributed by atoms with Crippen LogP contribution in [-0.4, -0.2) is 51.7 Å². The van der Waals surface area contributed by atoms with Crippen LogP contribution in [0.5, 0.6) is 0 Å². The van der Waals surface area contributed by atoms with Crippen molar-refractivity contribution >= 4 is 23.4 Å². The molecule has 0 aliphatic heterocycles. The Labute approximate surface area is 156 Å². The number of hydrogen-bond acceptors (Lipinski definition) is 2. The van der Waals surface area contributed by atoms with Crippen molar-refractivity contribution in [2.24, 2.45) is 13.0 Å². The van der Waals surface area contributed by atoms with Crippen LogP contribution in [0.2, 0.25) is 0 Å². The molecule has 1 aromatic rings. The Morgan fingerprint density at radius 2 is 1.96 bits per heavy atom. The maximum atomic E-state index is 12.9. The summed E-state index contributed by atoms with van der Waals surface area (Å²) in [7, 11) is 1.98. The molecule has 0 aromatic carbocycles. The zero-order chi connectivity index (χ0) is 18.8. The van der Waals surface area contributed by atoms with Gasteiger partial charge in [-0.05, 0) is 24.5 Å². The average molecular weight is 370 g/mol. The zero-order valence-corrected chi connectivity index (χ0v) is 16.8. The van der Waals surface area contributed by atoms with Crippen molar-refractivity contribution in [3.8, 4) is 0 Å². The normalized spacial score (nSPS) is 11.0. The van der Waals surface area contributed by atoms with Crippen LogP contribution < -0.4 is 0 Å². The summed E-state index contributed by atoms with van der Waals surface area (Å²) in [6.45, 7) is 8.25. The molecule has 0 spiro atoms. The minimum Gasteiger partial charge on any atom is -0.353 e. The lowest BCUT2D eigenvalue weighted by Crippen LogP contribution is -2.44. The fourth-order valence-corrected chi connectivity index (χ4v) is 2.86. The molecule has 6 heteroatoms. The Balaban J connectivity index is 2.82. The van der Waals surface area contributed by atoms with Gasteiger partial charge in [0.05, 0.1) is 13.1 Å². The van der Waals surface area contributed by atoms with E-state index in [2.05, 4.69) is 20.8 Å². The Morgan fingerprint density at radius 3 is 2.48 bits per heavy atom. The van der Waals surface area contributed by atoms with Crippen LogP contribution in [0.15, 0.2) is 18.3 Å². The Morgan fingerprint density at radius 1 is 1.24 bits per heavy atom. The Kier molecular flexibility index (Phi) is 9.65. The fourth-order valence-electron chi connectivity index (χ4n) is 2.69. The summed E-state index contributed by atoms with van der Waals surface area (Å²) < 4.78 is 2.02. The van der Waals surface area contributed by atoms with Crippen molar-refractivity contribution in [1.82, 2.24) is 14.4 Å². The second kappa shape index (κ2) is 11.2. The summed E-state index contributed by atoms with van der Waals surface area (Å²) in [5, 5.41) is 0. The molecule has 25 heavy (non-hydrogen) atoms. The number of amides is 2. The van der Waals surface area contributed by atoms with Crippen molar-refractivity contribution in [1.29, 1.82) is 0 Å². The number of hydrogen-bond donors (Lipinski definition) is 0. The summed E-state index contributed by atoms with van der Waals surface area (Å²) in [4.78, 5) is 28.7. The molecule has 0 radical (unpaired) electrons. The maximum absolute atomic E-state index is 12.9. The number of unbranched alkanes of at least 4 members (excludes halogenated alkanes) is 1. The summed E-state index contributed by atoms with van der Waals surface area (Å²) >= 11 is 5.71. The molecule has 0 atom stereocenters. The van der Waals surface area contributed by atoms with Gasteiger partial charge in [-0.15, -0.1) is 11.6 Å². The van der Waals surface area contributed by atoms with Gasteiger partial charge in [-0.1, -0.05) is 27.2 Å². The highest BCUT2D eigenvalue weighted by atomic mass is 35.5. The van der Waals surface area contributed by atoms with Gasteiger partial charge in [-0.3, -0.25) is 9.59 Å².